The van der Waals surface area contributed by atoms with Crippen LogP contribution in [-0.4, -0.2) is 39.1 Å². The molecule has 0 bridgehead atoms. The third-order valence-corrected chi connectivity index (χ3v) is 5.35. The molecular formula is C22H19FN4O2. The largest absolute Gasteiger partial charge is 0.420 e. The molecule has 5 rings (SSSR count). The van der Waals surface area contributed by atoms with Crippen LogP contribution in [0.25, 0.3) is 22.4 Å². The van der Waals surface area contributed by atoms with E-state index < -0.39 is 0 Å². The fraction of sp³-hybridized carbons (Fsp3) is 0.227. The number of nitrogens with one attached hydrogen (secondary N) is 1. The molecule has 0 radical (unpaired) electrons. The Bertz CT molecular complexity index is 1130. The van der Waals surface area contributed by atoms with Crippen molar-refractivity contribution >= 4 is 16.8 Å². The summed E-state index contributed by atoms with van der Waals surface area (Å²) in [5, 5.41) is 9.30. The Balaban J connectivity index is 1.34. The smallest absolute Gasteiger partial charge is 0.270 e. The molecule has 146 valence electrons. The van der Waals surface area contributed by atoms with E-state index in [-0.39, 0.29) is 17.6 Å². The van der Waals surface area contributed by atoms with Crippen molar-refractivity contribution in [2.75, 3.05) is 13.1 Å². The number of aromatic nitrogens is 3. The lowest BCUT2D eigenvalue weighted by Crippen LogP contribution is -2.39. The molecule has 1 aliphatic rings. The molecule has 7 heteroatoms. The normalized spacial score (nSPS) is 17.0. The summed E-state index contributed by atoms with van der Waals surface area (Å²) < 4.78 is 19.0. The standard InChI is InChI=1S/C22H19FN4O2/c23-17-9-7-14(8-10-17)20-25-26-21(29-20)16-5-3-11-27(13-16)22(28)19-12-15-4-1-2-6-18(15)24-19/h1-2,4,6-10,12,16,24H,3,5,11,13H2. The predicted octanol–water partition coefficient (Wildman–Crippen LogP) is 4.38. The van der Waals surface area contributed by atoms with Crippen molar-refractivity contribution < 1.29 is 13.6 Å². The van der Waals surface area contributed by atoms with Gasteiger partial charge in [0, 0.05) is 29.6 Å². The summed E-state index contributed by atoms with van der Waals surface area (Å²) in [5.41, 5.74) is 2.21. The molecule has 0 saturated carbocycles. The van der Waals surface area contributed by atoms with Crippen LogP contribution in [0.5, 0.6) is 0 Å². The molecule has 1 amide bonds. The Kier molecular flexibility index (Phi) is 4.35. The number of amides is 1. The number of carbonyl (C=O) groups excluding carboxylic acids is 1. The highest BCUT2D eigenvalue weighted by molar-refractivity contribution is 5.98. The number of H-pyrrole nitrogens is 1. The molecule has 1 unspecified atom stereocenters. The van der Waals surface area contributed by atoms with Gasteiger partial charge >= 0.3 is 0 Å². The third-order valence-electron chi connectivity index (χ3n) is 5.35. The van der Waals surface area contributed by atoms with Gasteiger partial charge in [0.25, 0.3) is 5.91 Å². The molecule has 2 aromatic heterocycles. The van der Waals surface area contributed by atoms with Gasteiger partial charge in [0.2, 0.25) is 11.8 Å². The van der Waals surface area contributed by atoms with E-state index in [1.165, 1.54) is 12.1 Å². The fourth-order valence-electron chi connectivity index (χ4n) is 3.83. The third kappa shape index (κ3) is 3.40. The first-order valence-electron chi connectivity index (χ1n) is 9.64. The molecule has 2 aromatic carbocycles. The Morgan fingerprint density at radius 1 is 1.14 bits per heavy atom. The summed E-state index contributed by atoms with van der Waals surface area (Å²) in [7, 11) is 0. The van der Waals surface area contributed by atoms with Gasteiger partial charge in [-0.3, -0.25) is 4.79 Å². The first-order valence-corrected chi connectivity index (χ1v) is 9.64. The van der Waals surface area contributed by atoms with Gasteiger partial charge in [0.1, 0.15) is 11.5 Å². The molecule has 3 heterocycles. The zero-order valence-electron chi connectivity index (χ0n) is 15.6. The van der Waals surface area contributed by atoms with Gasteiger partial charge in [-0.2, -0.15) is 0 Å². The minimum atomic E-state index is -0.313. The van der Waals surface area contributed by atoms with Crippen LogP contribution in [0.2, 0.25) is 0 Å². The second-order valence-corrected chi connectivity index (χ2v) is 7.31. The van der Waals surface area contributed by atoms with Crippen LogP contribution in [0.3, 0.4) is 0 Å². The highest BCUT2D eigenvalue weighted by Crippen LogP contribution is 2.29. The first-order chi connectivity index (χ1) is 14.2. The van der Waals surface area contributed by atoms with E-state index in [1.54, 1.807) is 12.1 Å². The number of hydrogen-bond acceptors (Lipinski definition) is 4. The molecule has 1 aliphatic heterocycles. The molecule has 1 saturated heterocycles. The van der Waals surface area contributed by atoms with E-state index in [4.69, 9.17) is 4.42 Å². The Morgan fingerprint density at radius 2 is 1.97 bits per heavy atom. The van der Waals surface area contributed by atoms with Crippen LogP contribution >= 0.6 is 0 Å². The average Bonchev–Trinajstić information content (AvgIpc) is 3.41. The molecule has 6 nitrogen and oxygen atoms in total. The maximum absolute atomic E-state index is 13.1. The number of fused-ring (bicyclic) bond motifs is 1. The van der Waals surface area contributed by atoms with E-state index in [9.17, 15) is 9.18 Å². The summed E-state index contributed by atoms with van der Waals surface area (Å²) in [5.74, 6) is 0.521. The van der Waals surface area contributed by atoms with Crippen LogP contribution < -0.4 is 0 Å². The quantitative estimate of drug-likeness (QED) is 0.563. The van der Waals surface area contributed by atoms with Gasteiger partial charge < -0.3 is 14.3 Å². The molecule has 29 heavy (non-hydrogen) atoms. The SMILES string of the molecule is O=C(c1cc2ccccc2[nH]1)N1CCCC(c2nnc(-c3ccc(F)cc3)o2)C1. The van der Waals surface area contributed by atoms with Crippen molar-refractivity contribution in [3.63, 3.8) is 0 Å². The fourth-order valence-corrected chi connectivity index (χ4v) is 3.83. The van der Waals surface area contributed by atoms with Crippen molar-refractivity contribution in [3.8, 4) is 11.5 Å². The first kappa shape index (κ1) is 17.6. The summed E-state index contributed by atoms with van der Waals surface area (Å²) in [6, 6.07) is 15.7. The minimum absolute atomic E-state index is 0.0150. The zero-order valence-corrected chi connectivity index (χ0v) is 15.6. The number of para-hydroxylation sites is 1. The van der Waals surface area contributed by atoms with Crippen molar-refractivity contribution in [2.24, 2.45) is 0 Å². The lowest BCUT2D eigenvalue weighted by molar-refractivity contribution is 0.0693. The Hall–Kier alpha value is -3.48. The number of carbonyl (C=O) groups is 1. The minimum Gasteiger partial charge on any atom is -0.420 e. The summed E-state index contributed by atoms with van der Waals surface area (Å²) in [4.78, 5) is 18.0. The molecule has 4 aromatic rings. The average molecular weight is 390 g/mol. The maximum atomic E-state index is 13.1. The number of halogens is 1. The van der Waals surface area contributed by atoms with Crippen molar-refractivity contribution in [1.82, 2.24) is 20.1 Å². The Labute approximate surface area is 166 Å². The van der Waals surface area contributed by atoms with E-state index in [0.717, 1.165) is 23.7 Å². The van der Waals surface area contributed by atoms with E-state index >= 15 is 0 Å². The van der Waals surface area contributed by atoms with Crippen molar-refractivity contribution in [1.29, 1.82) is 0 Å². The number of aromatic amines is 1. The van der Waals surface area contributed by atoms with Crippen molar-refractivity contribution in [2.45, 2.75) is 18.8 Å². The molecule has 1 fully saturated rings. The van der Waals surface area contributed by atoms with Crippen LogP contribution in [0.15, 0.2) is 59.0 Å². The van der Waals surface area contributed by atoms with Crippen LogP contribution in [0.4, 0.5) is 4.39 Å². The topological polar surface area (TPSA) is 75.0 Å². The molecule has 0 aliphatic carbocycles. The zero-order chi connectivity index (χ0) is 19.8. The number of nitrogens with zero attached hydrogens (tertiary/aromatic N) is 3. The van der Waals surface area contributed by atoms with Gasteiger partial charge in [-0.25, -0.2) is 4.39 Å². The van der Waals surface area contributed by atoms with E-state index in [1.807, 2.05) is 35.2 Å². The number of benzene rings is 2. The lowest BCUT2D eigenvalue weighted by Gasteiger charge is -2.30. The summed E-state index contributed by atoms with van der Waals surface area (Å²) in [6.07, 6.45) is 1.74. The van der Waals surface area contributed by atoms with Gasteiger partial charge in [0.15, 0.2) is 0 Å². The summed E-state index contributed by atoms with van der Waals surface area (Å²) >= 11 is 0. The predicted molar refractivity (Wildman–Crippen MR) is 106 cm³/mol. The van der Waals surface area contributed by atoms with E-state index in [0.29, 0.717) is 36.1 Å². The highest BCUT2D eigenvalue weighted by atomic mass is 19.1. The van der Waals surface area contributed by atoms with Gasteiger partial charge in [-0.1, -0.05) is 18.2 Å². The molecule has 0 spiro atoms. The Morgan fingerprint density at radius 3 is 2.79 bits per heavy atom. The number of hydrogen-bond donors (Lipinski definition) is 1. The van der Waals surface area contributed by atoms with Crippen LogP contribution in [0, 0.1) is 5.82 Å². The number of rotatable bonds is 3. The monoisotopic (exact) mass is 390 g/mol. The van der Waals surface area contributed by atoms with Crippen LogP contribution in [-0.2, 0) is 0 Å². The van der Waals surface area contributed by atoms with E-state index in [2.05, 4.69) is 15.2 Å². The van der Waals surface area contributed by atoms with Gasteiger partial charge in [-0.15, -0.1) is 10.2 Å². The molecule has 1 N–H and O–H groups in total. The lowest BCUT2D eigenvalue weighted by atomic mass is 9.98. The van der Waals surface area contributed by atoms with Gasteiger partial charge in [0.05, 0.1) is 5.92 Å². The maximum Gasteiger partial charge on any atom is 0.270 e. The van der Waals surface area contributed by atoms with Crippen molar-refractivity contribution in [3.05, 3.63) is 72.0 Å². The number of likely N-dealkylation sites (tertiary alicyclic amines) is 1. The second-order valence-electron chi connectivity index (χ2n) is 7.31. The summed E-state index contributed by atoms with van der Waals surface area (Å²) in [6.45, 7) is 1.23. The molecular weight excluding hydrogens is 371 g/mol. The number of piperidine rings is 1. The van der Waals surface area contributed by atoms with Crippen LogP contribution in [0.1, 0.15) is 35.1 Å². The highest BCUT2D eigenvalue weighted by Gasteiger charge is 2.29. The molecule has 1 atom stereocenters. The second kappa shape index (κ2) is 7.16. The van der Waals surface area contributed by atoms with Gasteiger partial charge in [-0.05, 0) is 49.2 Å².